The van der Waals surface area contributed by atoms with Gasteiger partial charge in [-0.25, -0.2) is 18.7 Å². The fraction of sp³-hybridized carbons (Fsp3) is 0.273. The predicted molar refractivity (Wildman–Crippen MR) is 122 cm³/mol. The van der Waals surface area contributed by atoms with Crippen LogP contribution in [-0.4, -0.2) is 50.2 Å². The van der Waals surface area contributed by atoms with E-state index in [9.17, 15) is 18.4 Å². The topological polar surface area (TPSA) is 79.6 Å². The number of nitrogens with one attached hydrogen (secondary N) is 1. The number of amides is 2. The Morgan fingerprint density at radius 3 is 2.76 bits per heavy atom. The molecule has 1 fully saturated rings. The molecule has 0 radical (unpaired) electrons. The summed E-state index contributed by atoms with van der Waals surface area (Å²) in [6, 6.07) is 3.38. The Bertz CT molecular complexity index is 1390. The van der Waals surface area contributed by atoms with Gasteiger partial charge in [-0.1, -0.05) is 6.07 Å². The van der Waals surface area contributed by atoms with Crippen LogP contribution in [0.4, 0.5) is 8.78 Å². The largest absolute Gasteiger partial charge is 0.349 e. The Labute approximate surface area is 195 Å². The van der Waals surface area contributed by atoms with Crippen LogP contribution in [0.5, 0.6) is 0 Å². The number of likely N-dealkylation sites (tertiary alicyclic amines) is 1. The van der Waals surface area contributed by atoms with Crippen LogP contribution in [0.1, 0.15) is 38.1 Å². The van der Waals surface area contributed by atoms with Crippen molar-refractivity contribution >= 4 is 39.4 Å². The zero-order valence-electron chi connectivity index (χ0n) is 17.8. The molecule has 11 heteroatoms. The Morgan fingerprint density at radius 1 is 1.21 bits per heavy atom. The van der Waals surface area contributed by atoms with Gasteiger partial charge in [0.15, 0.2) is 16.6 Å². The highest BCUT2D eigenvalue weighted by Gasteiger charge is 2.35. The van der Waals surface area contributed by atoms with Crippen LogP contribution in [0.2, 0.25) is 0 Å². The molecule has 0 bridgehead atoms. The Hall–Kier alpha value is -3.18. The first-order valence-electron chi connectivity index (χ1n) is 10.3. The predicted octanol–water partition coefficient (Wildman–Crippen LogP) is 4.06. The van der Waals surface area contributed by atoms with Crippen molar-refractivity contribution in [2.45, 2.75) is 26.3 Å². The first kappa shape index (κ1) is 21.7. The molecule has 1 aliphatic heterocycles. The van der Waals surface area contributed by atoms with Gasteiger partial charge in [0.25, 0.3) is 11.8 Å². The summed E-state index contributed by atoms with van der Waals surface area (Å²) in [5.41, 5.74) is 1.75. The number of benzene rings is 1. The van der Waals surface area contributed by atoms with Crippen molar-refractivity contribution in [2.75, 3.05) is 13.1 Å². The van der Waals surface area contributed by atoms with Gasteiger partial charge in [-0.2, -0.15) is 0 Å². The van der Waals surface area contributed by atoms with Crippen LogP contribution >= 0.6 is 22.7 Å². The van der Waals surface area contributed by atoms with E-state index < -0.39 is 11.6 Å². The van der Waals surface area contributed by atoms with Crippen molar-refractivity contribution in [1.82, 2.24) is 24.6 Å². The minimum atomic E-state index is -0.976. The molecule has 170 valence electrons. The number of halogens is 2. The number of aromatic nitrogens is 3. The van der Waals surface area contributed by atoms with Crippen LogP contribution in [0.25, 0.3) is 15.4 Å². The molecular formula is C22H19F2N5O2S2. The smallest absolute Gasteiger partial charge is 0.274 e. The Balaban J connectivity index is 1.31. The standard InChI is InChI=1S/C22H19F2N5O2S2/c1-11-18(29-7-8-32-22(29)26-11)20(30)25-10-14-5-6-28(14)21(31)17-19(33-12(2)27-17)13-3-4-15(23)16(24)9-13/h3-4,7-9,14H,5-6,10H2,1-2H3,(H,25,30). The Kier molecular flexibility index (Phi) is 5.45. The quantitative estimate of drug-likeness (QED) is 0.461. The minimum Gasteiger partial charge on any atom is -0.349 e. The Morgan fingerprint density at radius 2 is 2.03 bits per heavy atom. The van der Waals surface area contributed by atoms with Gasteiger partial charge in [-0.05, 0) is 38.0 Å². The van der Waals surface area contributed by atoms with Crippen molar-refractivity contribution in [3.05, 3.63) is 63.5 Å². The number of carbonyl (C=O) groups is 2. The van der Waals surface area contributed by atoms with Gasteiger partial charge in [0.1, 0.15) is 11.4 Å². The molecular weight excluding hydrogens is 468 g/mol. The minimum absolute atomic E-state index is 0.174. The lowest BCUT2D eigenvalue weighted by atomic mass is 10.0. The molecule has 4 heterocycles. The average molecular weight is 488 g/mol. The number of imidazole rings is 1. The number of aryl methyl sites for hydroxylation is 2. The summed E-state index contributed by atoms with van der Waals surface area (Å²) in [5.74, 6) is -2.45. The maximum Gasteiger partial charge on any atom is 0.274 e. The molecule has 1 atom stereocenters. The molecule has 1 N–H and O–H groups in total. The van der Waals surface area contributed by atoms with Gasteiger partial charge in [0, 0.05) is 24.7 Å². The number of fused-ring (bicyclic) bond motifs is 1. The summed E-state index contributed by atoms with van der Waals surface area (Å²) in [6.07, 6.45) is 2.55. The van der Waals surface area contributed by atoms with E-state index >= 15 is 0 Å². The summed E-state index contributed by atoms with van der Waals surface area (Å²) in [5, 5.41) is 5.43. The number of rotatable bonds is 5. The number of nitrogens with zero attached hydrogens (tertiary/aromatic N) is 4. The first-order valence-corrected chi connectivity index (χ1v) is 12.0. The van der Waals surface area contributed by atoms with Crippen molar-refractivity contribution < 1.29 is 18.4 Å². The molecule has 0 spiro atoms. The first-order chi connectivity index (χ1) is 15.8. The maximum atomic E-state index is 13.8. The fourth-order valence-corrected chi connectivity index (χ4v) is 5.59. The van der Waals surface area contributed by atoms with E-state index in [4.69, 9.17) is 0 Å². The van der Waals surface area contributed by atoms with E-state index in [1.54, 1.807) is 29.3 Å². The summed E-state index contributed by atoms with van der Waals surface area (Å²) in [7, 11) is 0. The van der Waals surface area contributed by atoms with Crippen molar-refractivity contribution in [3.8, 4) is 10.4 Å². The van der Waals surface area contributed by atoms with Gasteiger partial charge < -0.3 is 10.2 Å². The lowest BCUT2D eigenvalue weighted by molar-refractivity contribution is 0.0451. The third-order valence-corrected chi connectivity index (χ3v) is 7.45. The van der Waals surface area contributed by atoms with Gasteiger partial charge >= 0.3 is 0 Å². The molecule has 1 aliphatic rings. The number of thiazole rings is 2. The van der Waals surface area contributed by atoms with Crippen LogP contribution in [0, 0.1) is 25.5 Å². The maximum absolute atomic E-state index is 13.8. The molecule has 4 aromatic rings. The van der Waals surface area contributed by atoms with Crippen molar-refractivity contribution in [1.29, 1.82) is 0 Å². The number of hydrogen-bond donors (Lipinski definition) is 1. The molecule has 2 amide bonds. The van der Waals surface area contributed by atoms with Gasteiger partial charge in [-0.3, -0.25) is 14.0 Å². The van der Waals surface area contributed by atoms with E-state index in [1.807, 2.05) is 5.38 Å². The molecule has 7 nitrogen and oxygen atoms in total. The lowest BCUT2D eigenvalue weighted by Gasteiger charge is -2.40. The summed E-state index contributed by atoms with van der Waals surface area (Å²) >= 11 is 2.71. The normalized spacial score (nSPS) is 15.6. The second kappa shape index (κ2) is 8.31. The summed E-state index contributed by atoms with van der Waals surface area (Å²) < 4.78 is 28.9. The highest BCUT2D eigenvalue weighted by atomic mass is 32.1. The van der Waals surface area contributed by atoms with Gasteiger partial charge in [0.2, 0.25) is 0 Å². The van der Waals surface area contributed by atoms with Crippen molar-refractivity contribution in [2.24, 2.45) is 0 Å². The van der Waals surface area contributed by atoms with Crippen LogP contribution in [0.3, 0.4) is 0 Å². The molecule has 5 rings (SSSR count). The van der Waals surface area contributed by atoms with Crippen molar-refractivity contribution in [3.63, 3.8) is 0 Å². The molecule has 1 aromatic carbocycles. The molecule has 1 saturated heterocycles. The third-order valence-electron chi connectivity index (χ3n) is 5.67. The zero-order valence-corrected chi connectivity index (χ0v) is 19.4. The average Bonchev–Trinajstić information content (AvgIpc) is 3.43. The van der Waals surface area contributed by atoms with Crippen LogP contribution in [0.15, 0.2) is 29.8 Å². The van der Waals surface area contributed by atoms with E-state index in [1.165, 1.54) is 28.7 Å². The lowest BCUT2D eigenvalue weighted by Crippen LogP contribution is -2.56. The number of hydrogen-bond acceptors (Lipinski definition) is 6. The summed E-state index contributed by atoms with van der Waals surface area (Å²) in [6.45, 7) is 4.38. The highest BCUT2D eigenvalue weighted by Crippen LogP contribution is 2.33. The van der Waals surface area contributed by atoms with Gasteiger partial charge in [0.05, 0.1) is 21.6 Å². The second-order valence-corrected chi connectivity index (χ2v) is 9.87. The molecule has 1 unspecified atom stereocenters. The van der Waals surface area contributed by atoms with Crippen LogP contribution < -0.4 is 5.32 Å². The highest BCUT2D eigenvalue weighted by molar-refractivity contribution is 7.15. The van der Waals surface area contributed by atoms with E-state index in [0.29, 0.717) is 39.9 Å². The molecule has 0 saturated carbocycles. The fourth-order valence-electron chi connectivity index (χ4n) is 3.92. The molecule has 3 aromatic heterocycles. The van der Waals surface area contributed by atoms with E-state index in [0.717, 1.165) is 23.5 Å². The van der Waals surface area contributed by atoms with Gasteiger partial charge in [-0.15, -0.1) is 22.7 Å². The SMILES string of the molecule is Cc1nc(C(=O)N2CCC2CNC(=O)c2c(C)nc3sccn23)c(-c2ccc(F)c(F)c2)s1. The third kappa shape index (κ3) is 3.80. The molecule has 33 heavy (non-hydrogen) atoms. The summed E-state index contributed by atoms with van der Waals surface area (Å²) in [4.78, 5) is 37.7. The number of carbonyl (C=O) groups excluding carboxylic acids is 2. The molecule has 0 aliphatic carbocycles. The van der Waals surface area contributed by atoms with Crippen LogP contribution in [-0.2, 0) is 0 Å². The zero-order chi connectivity index (χ0) is 23.3. The van der Waals surface area contributed by atoms with E-state index in [2.05, 4.69) is 15.3 Å². The monoisotopic (exact) mass is 487 g/mol. The van der Waals surface area contributed by atoms with E-state index in [-0.39, 0.29) is 23.6 Å². The second-order valence-electron chi connectivity index (χ2n) is 7.79.